The molecule has 2 aliphatic heterocycles. The minimum Gasteiger partial charge on any atom is -0.460 e. The molecule has 1 spiro atoms. The maximum atomic E-state index is 12.5. The van der Waals surface area contributed by atoms with Crippen molar-refractivity contribution in [2.45, 2.75) is 68.9 Å². The van der Waals surface area contributed by atoms with Gasteiger partial charge in [0.1, 0.15) is 29.5 Å². The standard InChI is InChI=1S/C20H26O9/c1-7-4-9(21)13(23)17(2)8(7)5-10-19-6-28-18(3,14(24)11(22)12(17)19)20(19,27)15(25)16(26)29-10/h4,8,10-15,22-25,27H,5-6H2,1-3H3/t8-,10+,11+,12+,13+,14-,15-,17-,18-,19+,20+/m0/s1. The number of rotatable bonds is 0. The molecule has 3 aliphatic carbocycles. The summed E-state index contributed by atoms with van der Waals surface area (Å²) in [6.45, 7) is 4.52. The third-order valence-corrected chi connectivity index (χ3v) is 8.96. The predicted molar refractivity (Wildman–Crippen MR) is 94.1 cm³/mol. The predicted octanol–water partition coefficient (Wildman–Crippen LogP) is -1.95. The van der Waals surface area contributed by atoms with E-state index in [2.05, 4.69) is 0 Å². The summed E-state index contributed by atoms with van der Waals surface area (Å²) >= 11 is 0. The normalized spacial score (nSPS) is 60.8. The first-order chi connectivity index (χ1) is 13.4. The first-order valence-corrected chi connectivity index (χ1v) is 9.90. The smallest absolute Gasteiger partial charge is 0.338 e. The van der Waals surface area contributed by atoms with Crippen molar-refractivity contribution in [2.75, 3.05) is 6.61 Å². The SMILES string of the molecule is CC1=CC(=O)[C@@H](O)[C@]2(C)[C@H]3[C@@H](O)[C@H](O)[C@]4(C)OC[C@@]35[C@@H](C[C@@H]12)OC(=O)[C@H](O)[C@]54O. The molecule has 4 fully saturated rings. The quantitative estimate of drug-likeness (QED) is 0.287. The van der Waals surface area contributed by atoms with E-state index in [4.69, 9.17) is 9.47 Å². The van der Waals surface area contributed by atoms with Crippen LogP contribution >= 0.6 is 0 Å². The van der Waals surface area contributed by atoms with Gasteiger partial charge in [-0.1, -0.05) is 12.5 Å². The summed E-state index contributed by atoms with van der Waals surface area (Å²) in [4.78, 5) is 25.0. The maximum absolute atomic E-state index is 12.5. The molecule has 5 aliphatic rings. The first-order valence-electron chi connectivity index (χ1n) is 9.90. The Hall–Kier alpha value is -1.36. The Morgan fingerprint density at radius 3 is 2.41 bits per heavy atom. The molecule has 0 radical (unpaired) electrons. The molecule has 9 heteroatoms. The van der Waals surface area contributed by atoms with E-state index in [1.807, 2.05) is 0 Å². The van der Waals surface area contributed by atoms with Crippen LogP contribution in [0.5, 0.6) is 0 Å². The summed E-state index contributed by atoms with van der Waals surface area (Å²) in [5, 5.41) is 55.8. The Bertz CT molecular complexity index is 855. The van der Waals surface area contributed by atoms with Crippen LogP contribution in [0.1, 0.15) is 27.2 Å². The minimum atomic E-state index is -2.27. The molecule has 2 heterocycles. The average molecular weight is 410 g/mol. The fraction of sp³-hybridized carbons (Fsp3) is 0.800. The van der Waals surface area contributed by atoms with Crippen LogP contribution < -0.4 is 0 Å². The highest BCUT2D eigenvalue weighted by atomic mass is 16.6. The number of carbonyl (C=O) groups excluding carboxylic acids is 2. The van der Waals surface area contributed by atoms with Crippen LogP contribution in [0.25, 0.3) is 0 Å². The lowest BCUT2D eigenvalue weighted by Crippen LogP contribution is -2.86. The van der Waals surface area contributed by atoms with Gasteiger partial charge in [-0.25, -0.2) is 4.79 Å². The molecule has 2 saturated carbocycles. The van der Waals surface area contributed by atoms with E-state index in [0.29, 0.717) is 5.57 Å². The Morgan fingerprint density at radius 1 is 1.10 bits per heavy atom. The Kier molecular flexibility index (Phi) is 3.56. The van der Waals surface area contributed by atoms with E-state index >= 15 is 0 Å². The Labute approximate surface area is 166 Å². The average Bonchev–Trinajstić information content (AvgIpc) is 2.85. The number of ketones is 1. The summed E-state index contributed by atoms with van der Waals surface area (Å²) in [5.74, 6) is -3.08. The monoisotopic (exact) mass is 410 g/mol. The lowest BCUT2D eigenvalue weighted by atomic mass is 9.36. The van der Waals surface area contributed by atoms with Gasteiger partial charge in [0, 0.05) is 11.3 Å². The van der Waals surface area contributed by atoms with Gasteiger partial charge in [0.25, 0.3) is 0 Å². The topological polar surface area (TPSA) is 154 Å². The number of aliphatic hydroxyl groups is 5. The molecule has 2 saturated heterocycles. The number of allylic oxidation sites excluding steroid dienone is 1. The maximum Gasteiger partial charge on any atom is 0.338 e. The number of carbonyl (C=O) groups is 2. The van der Waals surface area contributed by atoms with Gasteiger partial charge in [0.05, 0.1) is 18.1 Å². The van der Waals surface area contributed by atoms with Crippen molar-refractivity contribution in [1.82, 2.24) is 0 Å². The minimum absolute atomic E-state index is 0.183. The van der Waals surface area contributed by atoms with E-state index in [0.717, 1.165) is 0 Å². The lowest BCUT2D eigenvalue weighted by molar-refractivity contribution is -0.351. The van der Waals surface area contributed by atoms with Gasteiger partial charge >= 0.3 is 5.97 Å². The molecule has 11 atom stereocenters. The molecule has 0 aromatic rings. The van der Waals surface area contributed by atoms with Crippen LogP contribution in [0, 0.1) is 22.7 Å². The van der Waals surface area contributed by atoms with Crippen molar-refractivity contribution >= 4 is 11.8 Å². The van der Waals surface area contributed by atoms with E-state index < -0.39 is 76.1 Å². The second-order valence-corrected chi connectivity index (χ2v) is 9.79. The van der Waals surface area contributed by atoms with Crippen molar-refractivity contribution in [3.05, 3.63) is 11.6 Å². The van der Waals surface area contributed by atoms with Crippen molar-refractivity contribution in [1.29, 1.82) is 0 Å². The number of fused-ring (bicyclic) bond motifs is 2. The van der Waals surface area contributed by atoms with Crippen LogP contribution in [-0.2, 0) is 19.1 Å². The van der Waals surface area contributed by atoms with Gasteiger partial charge < -0.3 is 35.0 Å². The molecule has 2 bridgehead atoms. The fourth-order valence-electron chi connectivity index (χ4n) is 7.56. The molecule has 5 N–H and O–H groups in total. The summed E-state index contributed by atoms with van der Waals surface area (Å²) in [7, 11) is 0. The van der Waals surface area contributed by atoms with E-state index in [1.54, 1.807) is 13.8 Å². The molecule has 0 aromatic heterocycles. The number of esters is 1. The van der Waals surface area contributed by atoms with Crippen molar-refractivity contribution in [2.24, 2.45) is 22.7 Å². The van der Waals surface area contributed by atoms with Crippen LogP contribution in [0.4, 0.5) is 0 Å². The first kappa shape index (κ1) is 19.6. The second-order valence-electron chi connectivity index (χ2n) is 9.79. The molecule has 29 heavy (non-hydrogen) atoms. The highest BCUT2D eigenvalue weighted by Crippen LogP contribution is 2.73. The fourth-order valence-corrected chi connectivity index (χ4v) is 7.56. The van der Waals surface area contributed by atoms with Crippen LogP contribution in [0.3, 0.4) is 0 Å². The molecule has 0 amide bonds. The summed E-state index contributed by atoms with van der Waals surface area (Å²) in [6, 6.07) is 0. The van der Waals surface area contributed by atoms with E-state index in [1.165, 1.54) is 13.0 Å². The number of aliphatic hydroxyl groups excluding tert-OH is 4. The molecule has 0 unspecified atom stereocenters. The highest BCUT2D eigenvalue weighted by molar-refractivity contribution is 5.96. The Morgan fingerprint density at radius 2 is 1.76 bits per heavy atom. The molecular formula is C20H26O9. The van der Waals surface area contributed by atoms with Gasteiger partial charge in [0.2, 0.25) is 0 Å². The van der Waals surface area contributed by atoms with Crippen molar-refractivity contribution in [3.8, 4) is 0 Å². The van der Waals surface area contributed by atoms with Gasteiger partial charge in [-0.05, 0) is 32.3 Å². The zero-order chi connectivity index (χ0) is 21.3. The molecule has 5 rings (SSSR count). The molecule has 160 valence electrons. The summed E-state index contributed by atoms with van der Waals surface area (Å²) in [6.07, 6.45) is -6.07. The number of hydrogen-bond acceptors (Lipinski definition) is 9. The Balaban J connectivity index is 1.83. The largest absolute Gasteiger partial charge is 0.460 e. The van der Waals surface area contributed by atoms with Gasteiger partial charge in [0.15, 0.2) is 11.9 Å². The van der Waals surface area contributed by atoms with E-state index in [-0.39, 0.29) is 13.0 Å². The van der Waals surface area contributed by atoms with Gasteiger partial charge in [-0.15, -0.1) is 0 Å². The third kappa shape index (κ3) is 1.70. The third-order valence-electron chi connectivity index (χ3n) is 8.96. The van der Waals surface area contributed by atoms with Crippen LogP contribution in [-0.4, -0.2) is 85.6 Å². The number of hydrogen-bond donors (Lipinski definition) is 5. The summed E-state index contributed by atoms with van der Waals surface area (Å²) in [5.41, 5.74) is -6.22. The second kappa shape index (κ2) is 5.27. The highest BCUT2D eigenvalue weighted by Gasteiger charge is 2.88. The van der Waals surface area contributed by atoms with E-state index in [9.17, 15) is 35.1 Å². The summed E-state index contributed by atoms with van der Waals surface area (Å²) < 4.78 is 11.4. The molecule has 9 nitrogen and oxygen atoms in total. The molecular weight excluding hydrogens is 384 g/mol. The van der Waals surface area contributed by atoms with Crippen molar-refractivity contribution < 1.29 is 44.6 Å². The number of ether oxygens (including phenoxy) is 2. The van der Waals surface area contributed by atoms with Crippen LogP contribution in [0.2, 0.25) is 0 Å². The lowest BCUT2D eigenvalue weighted by Gasteiger charge is -2.70. The van der Waals surface area contributed by atoms with Crippen molar-refractivity contribution in [3.63, 3.8) is 0 Å². The molecule has 0 aromatic carbocycles. The van der Waals surface area contributed by atoms with Crippen LogP contribution in [0.15, 0.2) is 11.6 Å². The zero-order valence-electron chi connectivity index (χ0n) is 16.4. The van der Waals surface area contributed by atoms with Gasteiger partial charge in [-0.2, -0.15) is 0 Å². The van der Waals surface area contributed by atoms with Gasteiger partial charge in [-0.3, -0.25) is 4.79 Å². The zero-order valence-corrected chi connectivity index (χ0v) is 16.4.